The number of sulfone groups is 1. The molecule has 8 nitrogen and oxygen atoms in total. The first-order chi connectivity index (χ1) is 14.6. The lowest BCUT2D eigenvalue weighted by Gasteiger charge is -2.45. The van der Waals surface area contributed by atoms with Gasteiger partial charge in [-0.3, -0.25) is 0 Å². The number of rotatable bonds is 5. The molecule has 1 aromatic heterocycles. The Morgan fingerprint density at radius 2 is 1.87 bits per heavy atom. The third kappa shape index (κ3) is 3.90. The standard InChI is InChI=1S/C22H30N4O4S/c1-14-11-29-12-17-13-30-18-19(22(2,3)31(4,27)28)24-20(25-21(18)26(14)17)16-7-5-15(6-8-16)9-10-23/h5-8,14,17H,9-13,23H2,1-4H3/t14-,17+/m1/s1. The fourth-order valence-electron chi connectivity index (χ4n) is 4.03. The van der Waals surface area contributed by atoms with E-state index in [2.05, 4.69) is 11.8 Å². The van der Waals surface area contributed by atoms with Crippen molar-refractivity contribution >= 4 is 15.7 Å². The van der Waals surface area contributed by atoms with Crippen molar-refractivity contribution in [2.45, 2.75) is 44.0 Å². The highest BCUT2D eigenvalue weighted by Crippen LogP contribution is 2.44. The molecule has 1 saturated heterocycles. The van der Waals surface area contributed by atoms with Crippen LogP contribution in [0.1, 0.15) is 32.0 Å². The fourth-order valence-corrected chi connectivity index (χ4v) is 4.52. The number of hydrogen-bond donors (Lipinski definition) is 1. The molecule has 2 atom stereocenters. The topological polar surface area (TPSA) is 108 Å². The highest BCUT2D eigenvalue weighted by atomic mass is 32.2. The quantitative estimate of drug-likeness (QED) is 0.742. The van der Waals surface area contributed by atoms with Crippen LogP contribution in [-0.4, -0.2) is 63.1 Å². The number of fused-ring (bicyclic) bond motifs is 3. The van der Waals surface area contributed by atoms with Crippen LogP contribution in [0, 0.1) is 0 Å². The molecule has 4 rings (SSSR count). The van der Waals surface area contributed by atoms with E-state index < -0.39 is 14.6 Å². The summed E-state index contributed by atoms with van der Waals surface area (Å²) in [6, 6.07) is 8.03. The molecule has 31 heavy (non-hydrogen) atoms. The van der Waals surface area contributed by atoms with Gasteiger partial charge in [0.05, 0.1) is 25.3 Å². The predicted molar refractivity (Wildman–Crippen MR) is 120 cm³/mol. The Labute approximate surface area is 183 Å². The van der Waals surface area contributed by atoms with Gasteiger partial charge in [-0.05, 0) is 39.3 Å². The van der Waals surface area contributed by atoms with Crippen molar-refractivity contribution in [3.05, 3.63) is 35.5 Å². The molecule has 0 amide bonds. The second kappa shape index (κ2) is 8.03. The Morgan fingerprint density at radius 1 is 1.16 bits per heavy atom. The summed E-state index contributed by atoms with van der Waals surface area (Å²) in [5, 5.41) is 0. The molecule has 2 aliphatic heterocycles. The molecular weight excluding hydrogens is 416 g/mol. The van der Waals surface area contributed by atoms with Gasteiger partial charge in [0.1, 0.15) is 17.0 Å². The Balaban J connectivity index is 1.91. The summed E-state index contributed by atoms with van der Waals surface area (Å²) >= 11 is 0. The van der Waals surface area contributed by atoms with Crippen molar-refractivity contribution in [1.29, 1.82) is 0 Å². The molecule has 1 fully saturated rings. The van der Waals surface area contributed by atoms with Gasteiger partial charge in [-0.2, -0.15) is 0 Å². The Kier molecular flexibility index (Phi) is 5.70. The van der Waals surface area contributed by atoms with Crippen molar-refractivity contribution in [3.63, 3.8) is 0 Å². The maximum atomic E-state index is 12.7. The van der Waals surface area contributed by atoms with Crippen molar-refractivity contribution in [1.82, 2.24) is 9.97 Å². The zero-order chi connectivity index (χ0) is 22.4. The molecule has 0 radical (unpaired) electrons. The highest BCUT2D eigenvalue weighted by Gasteiger charge is 2.43. The molecule has 0 unspecified atom stereocenters. The molecule has 9 heteroatoms. The summed E-state index contributed by atoms with van der Waals surface area (Å²) in [4.78, 5) is 11.8. The molecule has 0 bridgehead atoms. The Morgan fingerprint density at radius 3 is 2.52 bits per heavy atom. The van der Waals surface area contributed by atoms with Crippen LogP contribution in [0.15, 0.2) is 24.3 Å². The van der Waals surface area contributed by atoms with Gasteiger partial charge in [-0.15, -0.1) is 0 Å². The number of nitrogens with two attached hydrogens (primary N) is 1. The molecule has 2 N–H and O–H groups in total. The van der Waals surface area contributed by atoms with E-state index in [1.165, 1.54) is 6.26 Å². The van der Waals surface area contributed by atoms with Crippen LogP contribution in [-0.2, 0) is 25.7 Å². The number of hydrogen-bond acceptors (Lipinski definition) is 8. The van der Waals surface area contributed by atoms with Crippen LogP contribution in [0.2, 0.25) is 0 Å². The molecule has 0 saturated carbocycles. The maximum absolute atomic E-state index is 12.7. The van der Waals surface area contributed by atoms with Crippen molar-refractivity contribution in [2.75, 3.05) is 37.5 Å². The van der Waals surface area contributed by atoms with Crippen LogP contribution in [0.5, 0.6) is 5.75 Å². The van der Waals surface area contributed by atoms with Crippen LogP contribution in [0.4, 0.5) is 5.82 Å². The van der Waals surface area contributed by atoms with Gasteiger partial charge in [0, 0.05) is 11.8 Å². The van der Waals surface area contributed by atoms with E-state index in [1.54, 1.807) is 13.8 Å². The number of nitrogens with zero attached hydrogens (tertiary/aromatic N) is 3. The zero-order valence-electron chi connectivity index (χ0n) is 18.5. The summed E-state index contributed by atoms with van der Waals surface area (Å²) in [6.45, 7) is 7.51. The highest BCUT2D eigenvalue weighted by molar-refractivity contribution is 7.91. The molecule has 2 aromatic rings. The number of morpholine rings is 1. The first kappa shape index (κ1) is 22.0. The zero-order valence-corrected chi connectivity index (χ0v) is 19.3. The average molecular weight is 447 g/mol. The summed E-state index contributed by atoms with van der Waals surface area (Å²) in [5.74, 6) is 1.56. The predicted octanol–water partition coefficient (Wildman–Crippen LogP) is 1.91. The summed E-state index contributed by atoms with van der Waals surface area (Å²) in [7, 11) is -3.47. The Hall–Kier alpha value is -2.23. The maximum Gasteiger partial charge on any atom is 0.185 e. The van der Waals surface area contributed by atoms with Crippen LogP contribution < -0.4 is 15.4 Å². The van der Waals surface area contributed by atoms with Crippen molar-refractivity contribution < 1.29 is 17.9 Å². The number of anilines is 1. The molecule has 2 aliphatic rings. The molecule has 3 heterocycles. The van der Waals surface area contributed by atoms with Gasteiger partial charge >= 0.3 is 0 Å². The largest absolute Gasteiger partial charge is 0.486 e. The molecule has 168 valence electrons. The van der Waals surface area contributed by atoms with Gasteiger partial charge in [0.25, 0.3) is 0 Å². The summed E-state index contributed by atoms with van der Waals surface area (Å²) in [5.41, 5.74) is 7.99. The van der Waals surface area contributed by atoms with Gasteiger partial charge in [0.2, 0.25) is 0 Å². The van der Waals surface area contributed by atoms with E-state index in [0.717, 1.165) is 17.5 Å². The second-order valence-electron chi connectivity index (χ2n) is 8.83. The molecule has 0 aliphatic carbocycles. The monoisotopic (exact) mass is 446 g/mol. The SMILES string of the molecule is C[C@@H]1COC[C@H]2COc3c(nc(-c4ccc(CCN)cc4)nc3C(C)(C)S(C)(=O)=O)N21. The van der Waals surface area contributed by atoms with Gasteiger partial charge in [0.15, 0.2) is 27.2 Å². The van der Waals surface area contributed by atoms with Gasteiger partial charge in [-0.1, -0.05) is 24.3 Å². The third-order valence-corrected chi connectivity index (χ3v) is 8.24. The Bertz CT molecular complexity index is 1070. The lowest BCUT2D eigenvalue weighted by molar-refractivity contribution is 0.0482. The third-order valence-electron chi connectivity index (χ3n) is 6.19. The molecule has 0 spiro atoms. The number of ether oxygens (including phenoxy) is 2. The lowest BCUT2D eigenvalue weighted by Crippen LogP contribution is -2.56. The fraction of sp³-hybridized carbons (Fsp3) is 0.545. The van der Waals surface area contributed by atoms with E-state index in [0.29, 0.717) is 49.5 Å². The van der Waals surface area contributed by atoms with E-state index in [9.17, 15) is 8.42 Å². The van der Waals surface area contributed by atoms with Crippen LogP contribution in [0.25, 0.3) is 11.4 Å². The normalized spacial score (nSPS) is 21.3. The smallest absolute Gasteiger partial charge is 0.185 e. The second-order valence-corrected chi connectivity index (χ2v) is 11.4. The summed E-state index contributed by atoms with van der Waals surface area (Å²) in [6.07, 6.45) is 2.02. The minimum atomic E-state index is -3.47. The van der Waals surface area contributed by atoms with Gasteiger partial charge in [-0.25, -0.2) is 18.4 Å². The van der Waals surface area contributed by atoms with Crippen LogP contribution in [0.3, 0.4) is 0 Å². The van der Waals surface area contributed by atoms with Crippen molar-refractivity contribution in [3.8, 4) is 17.1 Å². The lowest BCUT2D eigenvalue weighted by atomic mass is 10.0. The first-order valence-corrected chi connectivity index (χ1v) is 12.4. The first-order valence-electron chi connectivity index (χ1n) is 10.5. The van der Waals surface area contributed by atoms with Crippen LogP contribution >= 0.6 is 0 Å². The van der Waals surface area contributed by atoms with E-state index >= 15 is 0 Å². The molecular formula is C22H30N4O4S. The minimum Gasteiger partial charge on any atom is -0.486 e. The average Bonchev–Trinajstić information content (AvgIpc) is 2.72. The van der Waals surface area contributed by atoms with Gasteiger partial charge < -0.3 is 20.1 Å². The summed E-state index contributed by atoms with van der Waals surface area (Å²) < 4.78 is 35.9. The van der Waals surface area contributed by atoms with E-state index in [4.69, 9.17) is 25.2 Å². The van der Waals surface area contributed by atoms with E-state index in [1.807, 2.05) is 24.3 Å². The van der Waals surface area contributed by atoms with E-state index in [-0.39, 0.29) is 12.1 Å². The van der Waals surface area contributed by atoms with Crippen molar-refractivity contribution in [2.24, 2.45) is 5.73 Å². The molecule has 1 aromatic carbocycles. The number of benzene rings is 1. The number of aromatic nitrogens is 2. The minimum absolute atomic E-state index is 0.0279.